The topological polar surface area (TPSA) is 84.9 Å². The minimum absolute atomic E-state index is 0.0809. The molecule has 0 saturated heterocycles. The SMILES string of the molecule is CC(C)(C)OC(=O)NC1CCC(Oc2ccc(C(=O)O)cc2)CC1. The Morgan fingerprint density at radius 2 is 1.67 bits per heavy atom. The van der Waals surface area contributed by atoms with Crippen LogP contribution in [0.5, 0.6) is 5.75 Å². The zero-order chi connectivity index (χ0) is 17.7. The van der Waals surface area contributed by atoms with Crippen molar-refractivity contribution in [3.63, 3.8) is 0 Å². The summed E-state index contributed by atoms with van der Waals surface area (Å²) in [6.07, 6.45) is 3.03. The molecule has 0 aliphatic heterocycles. The number of carbonyl (C=O) groups excluding carboxylic acids is 1. The van der Waals surface area contributed by atoms with Crippen LogP contribution in [0.1, 0.15) is 56.8 Å². The predicted molar refractivity (Wildman–Crippen MR) is 89.4 cm³/mol. The van der Waals surface area contributed by atoms with Crippen LogP contribution in [0.25, 0.3) is 0 Å². The lowest BCUT2D eigenvalue weighted by Crippen LogP contribution is -2.42. The largest absolute Gasteiger partial charge is 0.490 e. The van der Waals surface area contributed by atoms with Gasteiger partial charge < -0.3 is 19.9 Å². The Morgan fingerprint density at radius 1 is 1.08 bits per heavy atom. The van der Waals surface area contributed by atoms with E-state index < -0.39 is 11.6 Å². The van der Waals surface area contributed by atoms with Crippen molar-refractivity contribution in [1.82, 2.24) is 5.32 Å². The quantitative estimate of drug-likeness (QED) is 0.878. The number of hydrogen-bond acceptors (Lipinski definition) is 4. The summed E-state index contributed by atoms with van der Waals surface area (Å²) in [5.41, 5.74) is -0.250. The second kappa shape index (κ2) is 7.55. The van der Waals surface area contributed by atoms with Crippen LogP contribution < -0.4 is 10.1 Å². The highest BCUT2D eigenvalue weighted by Crippen LogP contribution is 2.24. The third-order valence-electron chi connectivity index (χ3n) is 3.80. The maximum atomic E-state index is 11.8. The first kappa shape index (κ1) is 18.1. The van der Waals surface area contributed by atoms with Crippen molar-refractivity contribution >= 4 is 12.1 Å². The number of ether oxygens (including phenoxy) is 2. The van der Waals surface area contributed by atoms with E-state index in [0.29, 0.717) is 5.75 Å². The summed E-state index contributed by atoms with van der Waals surface area (Å²) in [4.78, 5) is 22.6. The zero-order valence-corrected chi connectivity index (χ0v) is 14.4. The lowest BCUT2D eigenvalue weighted by molar-refractivity contribution is 0.0470. The lowest BCUT2D eigenvalue weighted by atomic mass is 9.93. The van der Waals surface area contributed by atoms with Gasteiger partial charge in [0, 0.05) is 6.04 Å². The van der Waals surface area contributed by atoms with Crippen LogP contribution >= 0.6 is 0 Å². The summed E-state index contributed by atoms with van der Waals surface area (Å²) in [6.45, 7) is 5.52. The smallest absolute Gasteiger partial charge is 0.407 e. The van der Waals surface area contributed by atoms with Gasteiger partial charge in [-0.25, -0.2) is 9.59 Å². The summed E-state index contributed by atoms with van der Waals surface area (Å²) in [7, 11) is 0. The molecule has 0 radical (unpaired) electrons. The van der Waals surface area contributed by atoms with E-state index >= 15 is 0 Å². The highest BCUT2D eigenvalue weighted by atomic mass is 16.6. The first-order valence-corrected chi connectivity index (χ1v) is 8.22. The number of nitrogens with one attached hydrogen (secondary N) is 1. The van der Waals surface area contributed by atoms with Crippen molar-refractivity contribution in [1.29, 1.82) is 0 Å². The van der Waals surface area contributed by atoms with Gasteiger partial charge in [0.1, 0.15) is 11.4 Å². The molecule has 0 heterocycles. The number of carbonyl (C=O) groups is 2. The van der Waals surface area contributed by atoms with Gasteiger partial charge in [0.15, 0.2) is 0 Å². The second-order valence-electron chi connectivity index (χ2n) is 7.07. The fraction of sp³-hybridized carbons (Fsp3) is 0.556. The summed E-state index contributed by atoms with van der Waals surface area (Å²) in [5, 5.41) is 11.8. The molecule has 6 heteroatoms. The maximum Gasteiger partial charge on any atom is 0.407 e. The van der Waals surface area contributed by atoms with Crippen LogP contribution in [0.4, 0.5) is 4.79 Å². The average molecular weight is 335 g/mol. The molecule has 1 saturated carbocycles. The molecule has 1 fully saturated rings. The Kier molecular flexibility index (Phi) is 5.70. The first-order valence-electron chi connectivity index (χ1n) is 8.22. The summed E-state index contributed by atoms with van der Waals surface area (Å²) in [6, 6.07) is 6.53. The molecule has 0 aromatic heterocycles. The van der Waals surface area contributed by atoms with E-state index in [1.165, 1.54) is 12.1 Å². The molecule has 0 spiro atoms. The molecular weight excluding hydrogens is 310 g/mol. The van der Waals surface area contributed by atoms with E-state index in [4.69, 9.17) is 14.6 Å². The van der Waals surface area contributed by atoms with Crippen molar-refractivity contribution in [3.05, 3.63) is 29.8 Å². The molecule has 0 unspecified atom stereocenters. The van der Waals surface area contributed by atoms with Crippen LogP contribution in [0, 0.1) is 0 Å². The summed E-state index contributed by atoms with van der Waals surface area (Å²) in [5.74, 6) is -0.279. The normalized spacial score (nSPS) is 21.0. The van der Waals surface area contributed by atoms with Crippen LogP contribution in [0.15, 0.2) is 24.3 Å². The number of alkyl carbamates (subject to hydrolysis) is 1. The molecule has 24 heavy (non-hydrogen) atoms. The number of carboxylic acids is 1. The van der Waals surface area contributed by atoms with Crippen LogP contribution in [-0.4, -0.2) is 34.9 Å². The Hall–Kier alpha value is -2.24. The minimum atomic E-state index is -0.949. The van der Waals surface area contributed by atoms with Crippen molar-refractivity contribution < 1.29 is 24.2 Å². The molecule has 2 N–H and O–H groups in total. The molecule has 1 aromatic carbocycles. The Bertz CT molecular complexity index is 568. The number of hydrogen-bond donors (Lipinski definition) is 2. The molecule has 1 amide bonds. The third-order valence-corrected chi connectivity index (χ3v) is 3.80. The molecule has 132 valence electrons. The first-order chi connectivity index (χ1) is 11.2. The van der Waals surface area contributed by atoms with Gasteiger partial charge in [0.05, 0.1) is 11.7 Å². The van der Waals surface area contributed by atoms with Gasteiger partial charge in [0.25, 0.3) is 0 Å². The molecule has 2 rings (SSSR count). The highest BCUT2D eigenvalue weighted by molar-refractivity contribution is 5.87. The number of amides is 1. The maximum absolute atomic E-state index is 11.8. The van der Waals surface area contributed by atoms with Gasteiger partial charge in [-0.2, -0.15) is 0 Å². The van der Waals surface area contributed by atoms with E-state index in [2.05, 4.69) is 5.32 Å². The average Bonchev–Trinajstić information content (AvgIpc) is 2.48. The summed E-state index contributed by atoms with van der Waals surface area (Å²) < 4.78 is 11.2. The molecular formula is C18H25NO5. The zero-order valence-electron chi connectivity index (χ0n) is 14.4. The standard InChI is InChI=1S/C18H25NO5/c1-18(2,3)24-17(22)19-13-6-10-15(11-7-13)23-14-8-4-12(5-9-14)16(20)21/h4-5,8-9,13,15H,6-7,10-11H2,1-3H3,(H,19,22)(H,20,21). The predicted octanol–water partition coefficient (Wildman–Crippen LogP) is 3.60. The number of carboxylic acid groups (broad SMARTS) is 1. The van der Waals surface area contributed by atoms with Crippen molar-refractivity contribution in [2.24, 2.45) is 0 Å². The van der Waals surface area contributed by atoms with E-state index in [-0.39, 0.29) is 23.8 Å². The van der Waals surface area contributed by atoms with Crippen molar-refractivity contribution in [2.45, 2.75) is 64.2 Å². The van der Waals surface area contributed by atoms with Gasteiger partial charge in [-0.1, -0.05) is 0 Å². The highest BCUT2D eigenvalue weighted by Gasteiger charge is 2.25. The van der Waals surface area contributed by atoms with Crippen molar-refractivity contribution in [3.8, 4) is 5.75 Å². The number of rotatable bonds is 4. The fourth-order valence-corrected chi connectivity index (χ4v) is 2.67. The van der Waals surface area contributed by atoms with Gasteiger partial charge >= 0.3 is 12.1 Å². The fourth-order valence-electron chi connectivity index (χ4n) is 2.67. The van der Waals surface area contributed by atoms with E-state index in [9.17, 15) is 9.59 Å². The molecule has 1 aliphatic rings. The van der Waals surface area contributed by atoms with E-state index in [0.717, 1.165) is 25.7 Å². The summed E-state index contributed by atoms with van der Waals surface area (Å²) >= 11 is 0. The minimum Gasteiger partial charge on any atom is -0.490 e. The van der Waals surface area contributed by atoms with Gasteiger partial charge in [-0.3, -0.25) is 0 Å². The third kappa shape index (κ3) is 5.76. The molecule has 6 nitrogen and oxygen atoms in total. The number of aromatic carboxylic acids is 1. The Labute approximate surface area is 142 Å². The monoisotopic (exact) mass is 335 g/mol. The molecule has 0 bridgehead atoms. The van der Waals surface area contributed by atoms with Crippen LogP contribution in [0.2, 0.25) is 0 Å². The lowest BCUT2D eigenvalue weighted by Gasteiger charge is -2.30. The van der Waals surface area contributed by atoms with Crippen LogP contribution in [-0.2, 0) is 4.74 Å². The molecule has 0 atom stereocenters. The van der Waals surface area contributed by atoms with Gasteiger partial charge in [-0.15, -0.1) is 0 Å². The number of benzene rings is 1. The Morgan fingerprint density at radius 3 is 2.17 bits per heavy atom. The van der Waals surface area contributed by atoms with E-state index in [1.807, 2.05) is 20.8 Å². The van der Waals surface area contributed by atoms with Gasteiger partial charge in [0.2, 0.25) is 0 Å². The molecule has 1 aliphatic carbocycles. The Balaban J connectivity index is 1.76. The van der Waals surface area contributed by atoms with Crippen molar-refractivity contribution in [2.75, 3.05) is 0 Å². The van der Waals surface area contributed by atoms with E-state index in [1.54, 1.807) is 12.1 Å². The molecule has 1 aromatic rings. The second-order valence-corrected chi connectivity index (χ2v) is 7.07. The van der Waals surface area contributed by atoms with Crippen LogP contribution in [0.3, 0.4) is 0 Å². The van der Waals surface area contributed by atoms with Gasteiger partial charge in [-0.05, 0) is 70.7 Å².